The zero-order chi connectivity index (χ0) is 22.7. The molecular formula is C26H30N4O2. The minimum Gasteiger partial charge on any atom is -0.348 e. The van der Waals surface area contributed by atoms with Crippen molar-refractivity contribution >= 4 is 11.8 Å². The number of benzene rings is 2. The molecule has 0 saturated carbocycles. The maximum Gasteiger partial charge on any atom is 0.289 e. The van der Waals surface area contributed by atoms with Crippen LogP contribution in [0, 0.1) is 12.3 Å². The Labute approximate surface area is 189 Å². The molecule has 2 amide bonds. The molecule has 1 atom stereocenters. The molecule has 0 spiro atoms. The second-order valence-corrected chi connectivity index (χ2v) is 8.99. The van der Waals surface area contributed by atoms with Crippen molar-refractivity contribution in [2.45, 2.75) is 26.2 Å². The van der Waals surface area contributed by atoms with Crippen LogP contribution in [0.3, 0.4) is 0 Å². The third kappa shape index (κ3) is 4.44. The minimum absolute atomic E-state index is 0.0652. The molecule has 0 radical (unpaired) electrons. The van der Waals surface area contributed by atoms with E-state index in [9.17, 15) is 9.59 Å². The van der Waals surface area contributed by atoms with Gasteiger partial charge >= 0.3 is 0 Å². The van der Waals surface area contributed by atoms with Gasteiger partial charge in [0.05, 0.1) is 5.41 Å². The van der Waals surface area contributed by atoms with Crippen molar-refractivity contribution in [1.82, 2.24) is 19.8 Å². The molecule has 6 heteroatoms. The Bertz CT molecular complexity index is 1110. The number of rotatable bonds is 5. The van der Waals surface area contributed by atoms with Gasteiger partial charge in [-0.15, -0.1) is 0 Å². The van der Waals surface area contributed by atoms with Crippen molar-refractivity contribution in [2.75, 3.05) is 27.2 Å². The van der Waals surface area contributed by atoms with Gasteiger partial charge in [-0.25, -0.2) is 4.98 Å². The van der Waals surface area contributed by atoms with Crippen LogP contribution in [-0.4, -0.2) is 58.8 Å². The lowest BCUT2D eigenvalue weighted by Gasteiger charge is -2.43. The highest BCUT2D eigenvalue weighted by Crippen LogP contribution is 2.36. The number of carbonyl (C=O) groups is 2. The molecule has 0 bridgehead atoms. The number of piperidine rings is 1. The molecule has 32 heavy (non-hydrogen) atoms. The normalized spacial score (nSPS) is 18.4. The SMILES string of the molecule is Cc1cccc(-c2cccc(C[C@]3(C(=O)N(C)C)CCCN(C(=O)c4ncc[nH]4)C3)c2)c1. The third-order valence-electron chi connectivity index (χ3n) is 6.25. The Morgan fingerprint density at radius 1 is 1.12 bits per heavy atom. The fourth-order valence-electron chi connectivity index (χ4n) is 4.78. The first kappa shape index (κ1) is 21.8. The molecule has 0 unspecified atom stereocenters. The summed E-state index contributed by atoms with van der Waals surface area (Å²) in [7, 11) is 3.58. The van der Waals surface area contributed by atoms with Crippen LogP contribution in [0.1, 0.15) is 34.6 Å². The minimum atomic E-state index is -0.658. The molecule has 6 nitrogen and oxygen atoms in total. The van der Waals surface area contributed by atoms with E-state index in [1.54, 1.807) is 36.3 Å². The molecular weight excluding hydrogens is 400 g/mol. The highest BCUT2D eigenvalue weighted by atomic mass is 16.2. The van der Waals surface area contributed by atoms with Crippen LogP contribution < -0.4 is 0 Å². The van der Waals surface area contributed by atoms with Crippen molar-refractivity contribution in [2.24, 2.45) is 5.41 Å². The van der Waals surface area contributed by atoms with Crippen molar-refractivity contribution in [3.05, 3.63) is 77.9 Å². The van der Waals surface area contributed by atoms with E-state index in [0.717, 1.165) is 29.5 Å². The van der Waals surface area contributed by atoms with Crippen LogP contribution in [0.2, 0.25) is 0 Å². The number of H-pyrrole nitrogens is 1. The van der Waals surface area contributed by atoms with E-state index < -0.39 is 5.41 Å². The van der Waals surface area contributed by atoms with Crippen LogP contribution in [0.5, 0.6) is 0 Å². The van der Waals surface area contributed by atoms with Gasteiger partial charge in [-0.2, -0.15) is 0 Å². The molecule has 166 valence electrons. The summed E-state index contributed by atoms with van der Waals surface area (Å²) in [6.45, 7) is 3.11. The second-order valence-electron chi connectivity index (χ2n) is 8.99. The number of nitrogens with one attached hydrogen (secondary N) is 1. The Balaban J connectivity index is 1.65. The zero-order valence-electron chi connectivity index (χ0n) is 19.0. The number of hydrogen-bond acceptors (Lipinski definition) is 3. The Morgan fingerprint density at radius 2 is 1.88 bits per heavy atom. The van der Waals surface area contributed by atoms with Gasteiger partial charge in [0.25, 0.3) is 5.91 Å². The molecule has 1 saturated heterocycles. The first-order valence-electron chi connectivity index (χ1n) is 11.0. The van der Waals surface area contributed by atoms with Crippen molar-refractivity contribution in [3.8, 4) is 11.1 Å². The number of aryl methyl sites for hydroxylation is 1. The van der Waals surface area contributed by atoms with E-state index in [0.29, 0.717) is 25.3 Å². The highest BCUT2D eigenvalue weighted by molar-refractivity contribution is 5.91. The zero-order valence-corrected chi connectivity index (χ0v) is 19.0. The van der Waals surface area contributed by atoms with E-state index >= 15 is 0 Å². The number of amides is 2. The van der Waals surface area contributed by atoms with Crippen molar-refractivity contribution < 1.29 is 9.59 Å². The van der Waals surface area contributed by atoms with Gasteiger partial charge in [-0.05, 0) is 42.9 Å². The summed E-state index contributed by atoms with van der Waals surface area (Å²) in [5, 5.41) is 0. The predicted octanol–water partition coefficient (Wildman–Crippen LogP) is 3.94. The lowest BCUT2D eigenvalue weighted by molar-refractivity contribution is -0.142. The lowest BCUT2D eigenvalue weighted by atomic mass is 9.73. The smallest absolute Gasteiger partial charge is 0.289 e. The van der Waals surface area contributed by atoms with E-state index in [4.69, 9.17) is 0 Å². The first-order valence-corrected chi connectivity index (χ1v) is 11.0. The number of hydrogen-bond donors (Lipinski definition) is 1. The van der Waals surface area contributed by atoms with Gasteiger partial charge in [0.15, 0.2) is 5.82 Å². The van der Waals surface area contributed by atoms with Crippen LogP contribution in [0.15, 0.2) is 60.9 Å². The monoisotopic (exact) mass is 430 g/mol. The number of carbonyl (C=O) groups excluding carboxylic acids is 2. The molecule has 4 rings (SSSR count). The molecule has 1 aromatic heterocycles. The topological polar surface area (TPSA) is 69.3 Å². The average Bonchev–Trinajstić information content (AvgIpc) is 3.33. The van der Waals surface area contributed by atoms with Crippen LogP contribution in [-0.2, 0) is 11.2 Å². The number of nitrogens with zero attached hydrogens (tertiary/aromatic N) is 3. The van der Waals surface area contributed by atoms with Crippen LogP contribution in [0.4, 0.5) is 0 Å². The van der Waals surface area contributed by atoms with Gasteiger partial charge in [0.1, 0.15) is 0 Å². The Hall–Kier alpha value is -3.41. The average molecular weight is 431 g/mol. The Morgan fingerprint density at radius 3 is 2.56 bits per heavy atom. The van der Waals surface area contributed by atoms with Crippen LogP contribution >= 0.6 is 0 Å². The number of imidazole rings is 1. The quantitative estimate of drug-likeness (QED) is 0.667. The number of aromatic nitrogens is 2. The number of likely N-dealkylation sites (tertiary alicyclic amines) is 1. The summed E-state index contributed by atoms with van der Waals surface area (Å²) in [5.74, 6) is 0.231. The maximum atomic E-state index is 13.4. The highest BCUT2D eigenvalue weighted by Gasteiger charge is 2.44. The predicted molar refractivity (Wildman–Crippen MR) is 125 cm³/mol. The fraction of sp³-hybridized carbons (Fsp3) is 0.346. The van der Waals surface area contributed by atoms with Gasteiger partial charge < -0.3 is 14.8 Å². The number of aromatic amines is 1. The van der Waals surface area contributed by atoms with E-state index in [1.807, 2.05) is 0 Å². The van der Waals surface area contributed by atoms with Gasteiger partial charge in [-0.1, -0.05) is 54.1 Å². The summed E-state index contributed by atoms with van der Waals surface area (Å²) < 4.78 is 0. The van der Waals surface area contributed by atoms with Gasteiger partial charge in [0, 0.05) is 39.6 Å². The summed E-state index contributed by atoms with van der Waals surface area (Å²) in [5.41, 5.74) is 3.96. The standard InChI is InChI=1S/C26H30N4O2/c1-19-7-4-9-21(15-19)22-10-5-8-20(16-22)17-26(25(32)29(2)3)11-6-14-30(18-26)24(31)23-27-12-13-28-23/h4-5,7-10,12-13,15-16H,6,11,14,17-18H2,1-3H3,(H,27,28)/t26-/m1/s1. The summed E-state index contributed by atoms with van der Waals surface area (Å²) in [6.07, 6.45) is 5.34. The maximum absolute atomic E-state index is 13.4. The van der Waals surface area contributed by atoms with E-state index in [2.05, 4.69) is 65.4 Å². The lowest BCUT2D eigenvalue weighted by Crippen LogP contribution is -2.54. The molecule has 1 aliphatic rings. The van der Waals surface area contributed by atoms with Crippen LogP contribution in [0.25, 0.3) is 11.1 Å². The molecule has 1 aliphatic heterocycles. The van der Waals surface area contributed by atoms with E-state index in [1.165, 1.54) is 5.56 Å². The molecule has 0 aliphatic carbocycles. The summed E-state index contributed by atoms with van der Waals surface area (Å²) >= 11 is 0. The van der Waals surface area contributed by atoms with Gasteiger partial charge in [-0.3, -0.25) is 9.59 Å². The molecule has 3 aromatic rings. The largest absolute Gasteiger partial charge is 0.348 e. The molecule has 2 heterocycles. The van der Waals surface area contributed by atoms with E-state index in [-0.39, 0.29) is 11.8 Å². The van der Waals surface area contributed by atoms with Crippen molar-refractivity contribution in [3.63, 3.8) is 0 Å². The third-order valence-corrected chi connectivity index (χ3v) is 6.25. The second kappa shape index (κ2) is 8.99. The summed E-state index contributed by atoms with van der Waals surface area (Å²) in [4.78, 5) is 36.9. The Kier molecular flexibility index (Phi) is 6.12. The summed E-state index contributed by atoms with van der Waals surface area (Å²) in [6, 6.07) is 16.8. The fourth-order valence-corrected chi connectivity index (χ4v) is 4.78. The van der Waals surface area contributed by atoms with Crippen molar-refractivity contribution in [1.29, 1.82) is 0 Å². The molecule has 2 aromatic carbocycles. The molecule has 1 N–H and O–H groups in total. The first-order chi connectivity index (χ1) is 15.4. The van der Waals surface area contributed by atoms with Gasteiger partial charge in [0.2, 0.25) is 5.91 Å². The molecule has 1 fully saturated rings.